The first kappa shape index (κ1) is 21.0. The third-order valence-corrected chi connectivity index (χ3v) is 7.50. The van der Waals surface area contributed by atoms with E-state index in [2.05, 4.69) is 10.0 Å². The smallest absolute Gasteiger partial charge is 0.254 e. The maximum Gasteiger partial charge on any atom is 0.254 e. The molecule has 1 aliphatic rings. The lowest BCUT2D eigenvalue weighted by Gasteiger charge is -2.24. The standard InChI is InChI=1S/C20H25FN2O3S2/c1-13(2)23-28(25,26)15-9-10-17(21)16(12-15)20(24)22-19(14-6-3-4-7-14)18-8-5-11-27-18/h5,8-14,19,23H,3-4,6-7H2,1-2H3,(H,22,24). The molecule has 1 saturated carbocycles. The molecule has 8 heteroatoms. The van der Waals surface area contributed by atoms with Gasteiger partial charge in [0.1, 0.15) is 5.82 Å². The van der Waals surface area contributed by atoms with Gasteiger partial charge in [-0.25, -0.2) is 17.5 Å². The van der Waals surface area contributed by atoms with Gasteiger partial charge >= 0.3 is 0 Å². The zero-order chi connectivity index (χ0) is 20.3. The van der Waals surface area contributed by atoms with E-state index in [-0.39, 0.29) is 22.5 Å². The van der Waals surface area contributed by atoms with Crippen molar-refractivity contribution in [1.82, 2.24) is 10.0 Å². The minimum Gasteiger partial charge on any atom is -0.344 e. The summed E-state index contributed by atoms with van der Waals surface area (Å²) in [5, 5.41) is 4.91. The lowest BCUT2D eigenvalue weighted by molar-refractivity contribution is 0.0918. The molecule has 1 aromatic carbocycles. The second kappa shape index (κ2) is 8.71. The average Bonchev–Trinajstić information content (AvgIpc) is 3.32. The maximum absolute atomic E-state index is 14.4. The first-order chi connectivity index (χ1) is 13.3. The Bertz CT molecular complexity index is 921. The van der Waals surface area contributed by atoms with E-state index in [1.807, 2.05) is 17.5 Å². The van der Waals surface area contributed by atoms with Crippen LogP contribution in [0.2, 0.25) is 0 Å². The third kappa shape index (κ3) is 4.79. The van der Waals surface area contributed by atoms with Gasteiger partial charge < -0.3 is 5.32 Å². The molecule has 2 aromatic rings. The highest BCUT2D eigenvalue weighted by molar-refractivity contribution is 7.89. The van der Waals surface area contributed by atoms with Gasteiger partial charge in [-0.1, -0.05) is 18.9 Å². The van der Waals surface area contributed by atoms with Crippen molar-refractivity contribution in [3.05, 3.63) is 52.0 Å². The van der Waals surface area contributed by atoms with Crippen LogP contribution in [0.25, 0.3) is 0 Å². The number of hydrogen-bond acceptors (Lipinski definition) is 4. The number of thiophene rings is 1. The van der Waals surface area contributed by atoms with Crippen LogP contribution in [-0.4, -0.2) is 20.4 Å². The molecule has 152 valence electrons. The summed E-state index contributed by atoms with van der Waals surface area (Å²) >= 11 is 1.56. The van der Waals surface area contributed by atoms with Crippen molar-refractivity contribution in [1.29, 1.82) is 0 Å². The summed E-state index contributed by atoms with van der Waals surface area (Å²) in [6.07, 6.45) is 4.26. The van der Waals surface area contributed by atoms with Crippen LogP contribution >= 0.6 is 11.3 Å². The van der Waals surface area contributed by atoms with E-state index in [9.17, 15) is 17.6 Å². The number of benzene rings is 1. The van der Waals surface area contributed by atoms with Gasteiger partial charge in [0, 0.05) is 10.9 Å². The lowest BCUT2D eigenvalue weighted by Crippen LogP contribution is -2.33. The van der Waals surface area contributed by atoms with Crippen LogP contribution in [0, 0.1) is 11.7 Å². The van der Waals surface area contributed by atoms with E-state index in [0.717, 1.165) is 42.7 Å². The third-order valence-electron chi connectivity index (χ3n) is 4.89. The Balaban J connectivity index is 1.87. The quantitative estimate of drug-likeness (QED) is 0.698. The number of hydrogen-bond donors (Lipinski definition) is 2. The van der Waals surface area contributed by atoms with E-state index in [1.54, 1.807) is 25.2 Å². The molecule has 0 radical (unpaired) electrons. The summed E-state index contributed by atoms with van der Waals surface area (Å²) in [6.45, 7) is 3.39. The Hall–Kier alpha value is -1.77. The Morgan fingerprint density at radius 3 is 2.54 bits per heavy atom. The van der Waals surface area contributed by atoms with Crippen molar-refractivity contribution >= 4 is 27.3 Å². The summed E-state index contributed by atoms with van der Waals surface area (Å²) in [6, 6.07) is 6.71. The molecule has 1 amide bonds. The summed E-state index contributed by atoms with van der Waals surface area (Å²) in [5.74, 6) is -1.03. The number of carbonyl (C=O) groups is 1. The highest BCUT2D eigenvalue weighted by atomic mass is 32.2. The Kier molecular flexibility index (Phi) is 6.52. The van der Waals surface area contributed by atoms with Crippen LogP contribution in [0.15, 0.2) is 40.6 Å². The zero-order valence-electron chi connectivity index (χ0n) is 15.9. The molecule has 2 N–H and O–H groups in total. The first-order valence-electron chi connectivity index (χ1n) is 9.44. The minimum atomic E-state index is -3.81. The van der Waals surface area contributed by atoms with E-state index in [4.69, 9.17) is 0 Å². The minimum absolute atomic E-state index is 0.124. The highest BCUT2D eigenvalue weighted by Gasteiger charge is 2.30. The van der Waals surface area contributed by atoms with Gasteiger partial charge in [0.15, 0.2) is 0 Å². The fourth-order valence-corrected chi connectivity index (χ4v) is 5.77. The van der Waals surface area contributed by atoms with Gasteiger partial charge in [-0.2, -0.15) is 0 Å². The van der Waals surface area contributed by atoms with Gasteiger partial charge in [0.05, 0.1) is 16.5 Å². The Morgan fingerprint density at radius 1 is 1.21 bits per heavy atom. The normalized spacial score (nSPS) is 16.4. The molecule has 28 heavy (non-hydrogen) atoms. The van der Waals surface area contributed by atoms with Gasteiger partial charge in [-0.3, -0.25) is 4.79 Å². The van der Waals surface area contributed by atoms with Crippen molar-refractivity contribution in [3.63, 3.8) is 0 Å². The monoisotopic (exact) mass is 424 g/mol. The molecule has 1 atom stereocenters. The van der Waals surface area contributed by atoms with Crippen molar-refractivity contribution in [2.45, 2.75) is 56.5 Å². The summed E-state index contributed by atoms with van der Waals surface area (Å²) < 4.78 is 41.6. The van der Waals surface area contributed by atoms with Crippen LogP contribution in [0.1, 0.15) is 60.8 Å². The van der Waals surface area contributed by atoms with E-state index in [1.165, 1.54) is 6.07 Å². The topological polar surface area (TPSA) is 75.3 Å². The molecule has 1 heterocycles. The van der Waals surface area contributed by atoms with Crippen molar-refractivity contribution in [2.24, 2.45) is 5.92 Å². The molecule has 0 saturated heterocycles. The lowest BCUT2D eigenvalue weighted by atomic mass is 9.96. The zero-order valence-corrected chi connectivity index (χ0v) is 17.6. The molecule has 5 nitrogen and oxygen atoms in total. The Morgan fingerprint density at radius 2 is 1.93 bits per heavy atom. The fourth-order valence-electron chi connectivity index (χ4n) is 3.62. The predicted octanol–water partition coefficient (Wildman–Crippen LogP) is 4.24. The van der Waals surface area contributed by atoms with E-state index in [0.29, 0.717) is 5.92 Å². The molecular formula is C20H25FN2O3S2. The van der Waals surface area contributed by atoms with Gasteiger partial charge in [-0.15, -0.1) is 11.3 Å². The van der Waals surface area contributed by atoms with E-state index < -0.39 is 21.7 Å². The maximum atomic E-state index is 14.4. The number of halogens is 1. The highest BCUT2D eigenvalue weighted by Crippen LogP contribution is 2.37. The number of sulfonamides is 1. The molecule has 3 rings (SSSR count). The number of carbonyl (C=O) groups excluding carboxylic acids is 1. The number of nitrogens with one attached hydrogen (secondary N) is 2. The number of amides is 1. The molecule has 0 aliphatic heterocycles. The summed E-state index contributed by atoms with van der Waals surface area (Å²) in [4.78, 5) is 13.8. The van der Waals surface area contributed by atoms with Crippen LogP contribution in [0.3, 0.4) is 0 Å². The SMILES string of the molecule is CC(C)NS(=O)(=O)c1ccc(F)c(C(=O)NC(c2cccs2)C2CCCC2)c1. The van der Waals surface area contributed by atoms with Crippen LogP contribution in [0.5, 0.6) is 0 Å². The van der Waals surface area contributed by atoms with Crippen LogP contribution in [0.4, 0.5) is 4.39 Å². The molecule has 0 spiro atoms. The summed E-state index contributed by atoms with van der Waals surface area (Å²) in [5.41, 5.74) is -0.258. The van der Waals surface area contributed by atoms with Gasteiger partial charge in [-0.05, 0) is 62.3 Å². The molecule has 1 aromatic heterocycles. The van der Waals surface area contributed by atoms with Crippen LogP contribution < -0.4 is 10.0 Å². The first-order valence-corrected chi connectivity index (χ1v) is 11.8. The number of rotatable bonds is 7. The van der Waals surface area contributed by atoms with Crippen molar-refractivity contribution in [2.75, 3.05) is 0 Å². The van der Waals surface area contributed by atoms with Crippen molar-refractivity contribution < 1.29 is 17.6 Å². The molecule has 1 unspecified atom stereocenters. The molecule has 0 bridgehead atoms. The largest absolute Gasteiger partial charge is 0.344 e. The van der Waals surface area contributed by atoms with Crippen LogP contribution in [-0.2, 0) is 10.0 Å². The van der Waals surface area contributed by atoms with E-state index >= 15 is 0 Å². The van der Waals surface area contributed by atoms with Crippen molar-refractivity contribution in [3.8, 4) is 0 Å². The molecular weight excluding hydrogens is 399 g/mol. The predicted molar refractivity (Wildman–Crippen MR) is 108 cm³/mol. The summed E-state index contributed by atoms with van der Waals surface area (Å²) in [7, 11) is -3.81. The van der Waals surface area contributed by atoms with Gasteiger partial charge in [0.25, 0.3) is 5.91 Å². The van der Waals surface area contributed by atoms with Gasteiger partial charge in [0.2, 0.25) is 10.0 Å². The fraction of sp³-hybridized carbons (Fsp3) is 0.450. The second-order valence-electron chi connectivity index (χ2n) is 7.43. The Labute approximate surface area is 169 Å². The molecule has 1 aliphatic carbocycles. The molecule has 1 fully saturated rings. The second-order valence-corrected chi connectivity index (χ2v) is 10.1. The average molecular weight is 425 g/mol.